The Morgan fingerprint density at radius 2 is 1.82 bits per heavy atom. The summed E-state index contributed by atoms with van der Waals surface area (Å²) in [6.07, 6.45) is 5.82. The summed E-state index contributed by atoms with van der Waals surface area (Å²) in [6.45, 7) is 6.99. The van der Waals surface area contributed by atoms with Crippen molar-refractivity contribution < 1.29 is 38.6 Å². The van der Waals surface area contributed by atoms with Gasteiger partial charge in [0.15, 0.2) is 11.9 Å². The molecular formula is C28H37N3O8. The molecule has 2 amide bonds. The fraction of sp³-hybridized carbons (Fsp3) is 0.464. The highest BCUT2D eigenvalue weighted by Crippen LogP contribution is 2.28. The van der Waals surface area contributed by atoms with Gasteiger partial charge in [0.25, 0.3) is 0 Å². The molecule has 4 N–H and O–H groups in total. The molecular weight excluding hydrogens is 506 g/mol. The molecule has 5 atom stereocenters. The van der Waals surface area contributed by atoms with Crippen LogP contribution in [-0.2, 0) is 28.6 Å². The maximum atomic E-state index is 13.2. The van der Waals surface area contributed by atoms with Gasteiger partial charge in [-0.1, -0.05) is 43.3 Å². The monoisotopic (exact) mass is 543 g/mol. The predicted octanol–water partition coefficient (Wildman–Crippen LogP) is 2.90. The lowest BCUT2D eigenvalue weighted by Crippen LogP contribution is -2.35. The van der Waals surface area contributed by atoms with Crippen LogP contribution >= 0.6 is 0 Å². The predicted molar refractivity (Wildman–Crippen MR) is 144 cm³/mol. The second-order valence-corrected chi connectivity index (χ2v) is 9.64. The van der Waals surface area contributed by atoms with E-state index >= 15 is 0 Å². The molecule has 0 saturated heterocycles. The molecule has 11 nitrogen and oxygen atoms in total. The number of carbonyl (C=O) groups is 4. The fourth-order valence-corrected chi connectivity index (χ4v) is 4.62. The zero-order valence-corrected chi connectivity index (χ0v) is 23.1. The molecule has 0 aromatic rings. The molecule has 2 aliphatic rings. The van der Waals surface area contributed by atoms with E-state index < -0.39 is 42.0 Å². The van der Waals surface area contributed by atoms with E-state index in [2.05, 4.69) is 10.5 Å². The highest BCUT2D eigenvalue weighted by molar-refractivity contribution is 6.23. The van der Waals surface area contributed by atoms with Crippen LogP contribution in [0.1, 0.15) is 40.5 Å². The van der Waals surface area contributed by atoms with Crippen molar-refractivity contribution in [2.75, 3.05) is 14.2 Å². The molecule has 11 heteroatoms. The van der Waals surface area contributed by atoms with E-state index in [0.29, 0.717) is 28.9 Å². The number of nitrogens with zero attached hydrogens (tertiary/aromatic N) is 1. The molecule has 0 saturated carbocycles. The van der Waals surface area contributed by atoms with E-state index in [1.54, 1.807) is 32.9 Å². The first-order chi connectivity index (χ1) is 18.4. The minimum atomic E-state index is -1.01. The lowest BCUT2D eigenvalue weighted by Gasteiger charge is -2.27. The zero-order valence-electron chi connectivity index (χ0n) is 23.1. The minimum absolute atomic E-state index is 0.108. The highest BCUT2D eigenvalue weighted by Gasteiger charge is 2.31. The number of nitrogens with two attached hydrogens (primary N) is 1. The number of amides is 2. The quantitative estimate of drug-likeness (QED) is 0.211. The molecule has 2 bridgehead atoms. The molecule has 39 heavy (non-hydrogen) atoms. The fourth-order valence-electron chi connectivity index (χ4n) is 4.62. The maximum absolute atomic E-state index is 13.2. The summed E-state index contributed by atoms with van der Waals surface area (Å²) in [4.78, 5) is 49.9. The molecule has 0 radical (unpaired) electrons. The maximum Gasteiger partial charge on any atom is 0.405 e. The van der Waals surface area contributed by atoms with Crippen LogP contribution in [-0.4, -0.2) is 67.0 Å². The Balaban J connectivity index is 2.58. The van der Waals surface area contributed by atoms with E-state index in [1.807, 2.05) is 6.92 Å². The third kappa shape index (κ3) is 8.33. The van der Waals surface area contributed by atoms with Gasteiger partial charge in [0.05, 0.1) is 17.5 Å². The van der Waals surface area contributed by atoms with Crippen LogP contribution in [0.5, 0.6) is 0 Å². The Hall–Kier alpha value is -3.83. The molecule has 0 unspecified atom stereocenters. The summed E-state index contributed by atoms with van der Waals surface area (Å²) in [5, 5.41) is 15.9. The van der Waals surface area contributed by atoms with Gasteiger partial charge in [0, 0.05) is 43.4 Å². The SMILES string of the molecule is CO[C@H]1C[C@H](C)CC2=C(C)C(=O)C=C(NC(=O)/C=C/C=C\[C@H](OC)[C@@H](OC(N)=O)/C(C)=C/[C@H](C)C1=NO)C2=O. The van der Waals surface area contributed by atoms with Crippen molar-refractivity contribution in [2.24, 2.45) is 22.7 Å². The van der Waals surface area contributed by atoms with Gasteiger partial charge in [-0.3, -0.25) is 14.4 Å². The third-order valence-electron chi connectivity index (χ3n) is 6.67. The molecule has 0 aromatic heterocycles. The number of primary amides is 1. The van der Waals surface area contributed by atoms with Crippen LogP contribution < -0.4 is 11.1 Å². The summed E-state index contributed by atoms with van der Waals surface area (Å²) in [6, 6.07) is 0. The molecule has 0 fully saturated rings. The number of fused-ring (bicyclic) bond motifs is 2. The van der Waals surface area contributed by atoms with Crippen molar-refractivity contribution in [2.45, 2.75) is 58.8 Å². The van der Waals surface area contributed by atoms with Gasteiger partial charge in [-0.15, -0.1) is 0 Å². The number of rotatable bonds is 3. The lowest BCUT2D eigenvalue weighted by atomic mass is 9.84. The summed E-state index contributed by atoms with van der Waals surface area (Å²) >= 11 is 0. The lowest BCUT2D eigenvalue weighted by molar-refractivity contribution is -0.119. The van der Waals surface area contributed by atoms with E-state index in [1.165, 1.54) is 32.4 Å². The van der Waals surface area contributed by atoms with Crippen molar-refractivity contribution in [3.8, 4) is 0 Å². The van der Waals surface area contributed by atoms with Gasteiger partial charge >= 0.3 is 6.09 Å². The number of allylic oxidation sites excluding steroid dienone is 6. The number of oxime groups is 1. The van der Waals surface area contributed by atoms with Crippen molar-refractivity contribution in [3.05, 3.63) is 58.9 Å². The second kappa shape index (κ2) is 14.4. The zero-order chi connectivity index (χ0) is 29.3. The normalized spacial score (nSPS) is 31.7. The number of methoxy groups -OCH3 is 2. The first kappa shape index (κ1) is 31.4. The number of ether oxygens (including phenoxy) is 3. The largest absolute Gasteiger partial charge is 0.439 e. The van der Waals surface area contributed by atoms with Crippen molar-refractivity contribution >= 4 is 29.3 Å². The number of hydrogen-bond donors (Lipinski definition) is 3. The summed E-state index contributed by atoms with van der Waals surface area (Å²) < 4.78 is 16.5. The highest BCUT2D eigenvalue weighted by atomic mass is 16.6. The average molecular weight is 544 g/mol. The van der Waals surface area contributed by atoms with Gasteiger partial charge in [-0.05, 0) is 38.2 Å². The Bertz CT molecular complexity index is 1160. The molecule has 0 aromatic carbocycles. The Morgan fingerprint density at radius 3 is 2.41 bits per heavy atom. The van der Waals surface area contributed by atoms with E-state index in [-0.39, 0.29) is 23.8 Å². The Kier molecular flexibility index (Phi) is 11.6. The van der Waals surface area contributed by atoms with E-state index in [9.17, 15) is 24.4 Å². The molecule has 1 aliphatic carbocycles. The van der Waals surface area contributed by atoms with Crippen LogP contribution in [0, 0.1) is 11.8 Å². The van der Waals surface area contributed by atoms with Gasteiger partial charge < -0.3 is 30.5 Å². The summed E-state index contributed by atoms with van der Waals surface area (Å²) in [5.41, 5.74) is 6.72. The first-order valence-electron chi connectivity index (χ1n) is 12.5. The second-order valence-electron chi connectivity index (χ2n) is 9.64. The van der Waals surface area contributed by atoms with Crippen LogP contribution in [0.25, 0.3) is 0 Å². The summed E-state index contributed by atoms with van der Waals surface area (Å²) in [5.74, 6) is -2.03. The molecule has 0 spiro atoms. The molecule has 1 heterocycles. The van der Waals surface area contributed by atoms with Crippen LogP contribution in [0.15, 0.2) is 64.0 Å². The van der Waals surface area contributed by atoms with Gasteiger partial charge in [-0.2, -0.15) is 0 Å². The Labute approximate surface area is 228 Å². The average Bonchev–Trinajstić information content (AvgIpc) is 2.87. The standard InChI is InChI=1S/C28H37N3O8/c1-15-11-19-18(4)21(32)14-20(26(19)34)30-24(33)10-8-7-9-22(37-5)27(39-28(29)35)17(3)13-16(2)25(31-36)23(12-15)38-6/h7-10,13-16,22-23,27,36H,11-12H2,1-6H3,(H2,29,35)(H,30,33)/b9-7-,10-8+,17-13+,31-25?/t15-,16+,22+,23+,27+/m1/s1. The smallest absolute Gasteiger partial charge is 0.405 e. The topological polar surface area (TPSA) is 167 Å². The number of Topliss-reactive ketones (excluding diaryl/α,β-unsaturated/α-hetero) is 1. The molecule has 2 rings (SSSR count). The number of nitrogens with one attached hydrogen (secondary N) is 1. The van der Waals surface area contributed by atoms with Crippen LogP contribution in [0.2, 0.25) is 0 Å². The molecule has 1 aliphatic heterocycles. The van der Waals surface area contributed by atoms with Crippen molar-refractivity contribution in [1.29, 1.82) is 0 Å². The van der Waals surface area contributed by atoms with E-state index in [0.717, 1.165) is 6.08 Å². The number of carbonyl (C=O) groups excluding carboxylic acids is 4. The summed E-state index contributed by atoms with van der Waals surface area (Å²) in [7, 11) is 2.90. The Morgan fingerprint density at radius 1 is 1.13 bits per heavy atom. The van der Waals surface area contributed by atoms with Gasteiger partial charge in [0.2, 0.25) is 11.7 Å². The van der Waals surface area contributed by atoms with Crippen LogP contribution in [0.3, 0.4) is 0 Å². The van der Waals surface area contributed by atoms with Crippen LogP contribution in [0.4, 0.5) is 4.79 Å². The minimum Gasteiger partial charge on any atom is -0.439 e. The molecule has 212 valence electrons. The van der Waals surface area contributed by atoms with Crippen molar-refractivity contribution in [3.63, 3.8) is 0 Å². The van der Waals surface area contributed by atoms with Gasteiger partial charge in [0.1, 0.15) is 6.10 Å². The number of ketones is 2. The third-order valence-corrected chi connectivity index (χ3v) is 6.67. The number of hydrogen-bond acceptors (Lipinski definition) is 9. The first-order valence-corrected chi connectivity index (χ1v) is 12.5. The van der Waals surface area contributed by atoms with Crippen molar-refractivity contribution in [1.82, 2.24) is 5.32 Å². The van der Waals surface area contributed by atoms with Gasteiger partial charge in [-0.25, -0.2) is 4.79 Å². The van der Waals surface area contributed by atoms with E-state index in [4.69, 9.17) is 19.9 Å².